The average molecular weight is 407 g/mol. The van der Waals surface area contributed by atoms with E-state index >= 15 is 0 Å². The highest BCUT2D eigenvalue weighted by molar-refractivity contribution is 7.99. The Morgan fingerprint density at radius 1 is 1.14 bits per heavy atom. The second kappa shape index (κ2) is 13.7. The topological polar surface area (TPSA) is 61.4 Å². The lowest BCUT2D eigenvalue weighted by Gasteiger charge is -2.23. The molecule has 1 rings (SSSR count). The van der Waals surface area contributed by atoms with Crippen molar-refractivity contribution in [3.8, 4) is 0 Å². The number of carbonyl (C=O) groups is 1. The molecule has 0 radical (unpaired) electrons. The van der Waals surface area contributed by atoms with Crippen molar-refractivity contribution in [1.82, 2.24) is 10.6 Å². The lowest BCUT2D eigenvalue weighted by molar-refractivity contribution is -0.139. The highest BCUT2D eigenvalue weighted by atomic mass is 32.2. The van der Waals surface area contributed by atoms with Crippen LogP contribution in [0.15, 0.2) is 47.2 Å². The van der Waals surface area contributed by atoms with Gasteiger partial charge in [0.1, 0.15) is 6.04 Å². The number of hydrogen-bond acceptors (Lipinski definition) is 4. The summed E-state index contributed by atoms with van der Waals surface area (Å²) in [5, 5.41) is 15.8. The standard InChI is InChI=1S/C23H38N2O2S/c1-17(2)8-6-9-18(3)10-7-11-19(4)13-15-28-16-21(23(26)27)25-22-20(5)12-14-24-22/h8,10,12-14,20-22,24-25H,6-7,9,11,15-16H2,1-5H3,(H,26,27)/b18-10+,19-13+. The molecule has 0 saturated heterocycles. The molecule has 0 spiro atoms. The summed E-state index contributed by atoms with van der Waals surface area (Å²) >= 11 is 1.67. The minimum atomic E-state index is -0.789. The molecule has 1 aliphatic heterocycles. The average Bonchev–Trinajstić information content (AvgIpc) is 3.01. The minimum Gasteiger partial charge on any atom is -0.480 e. The zero-order valence-corrected chi connectivity index (χ0v) is 18.9. The molecule has 3 N–H and O–H groups in total. The summed E-state index contributed by atoms with van der Waals surface area (Å²) in [6, 6.07) is -0.537. The zero-order chi connectivity index (χ0) is 20.9. The maximum Gasteiger partial charge on any atom is 0.321 e. The van der Waals surface area contributed by atoms with Gasteiger partial charge in [-0.1, -0.05) is 47.9 Å². The molecule has 0 saturated carbocycles. The van der Waals surface area contributed by atoms with Crippen molar-refractivity contribution in [3.63, 3.8) is 0 Å². The highest BCUT2D eigenvalue weighted by Gasteiger charge is 2.25. The van der Waals surface area contributed by atoms with Gasteiger partial charge in [0.2, 0.25) is 0 Å². The fourth-order valence-corrected chi connectivity index (χ4v) is 3.92. The molecule has 0 aromatic carbocycles. The van der Waals surface area contributed by atoms with Crippen LogP contribution in [-0.4, -0.2) is 34.8 Å². The Morgan fingerprint density at radius 3 is 2.36 bits per heavy atom. The number of carboxylic acids is 1. The molecule has 0 fully saturated rings. The fraction of sp³-hybridized carbons (Fsp3) is 0.609. The lowest BCUT2D eigenvalue weighted by Crippen LogP contribution is -2.50. The molecule has 0 bridgehead atoms. The van der Waals surface area contributed by atoms with Crippen LogP contribution in [-0.2, 0) is 4.79 Å². The van der Waals surface area contributed by atoms with E-state index in [0.717, 1.165) is 31.4 Å². The lowest BCUT2D eigenvalue weighted by atomic mass is 10.1. The van der Waals surface area contributed by atoms with Crippen LogP contribution in [0.2, 0.25) is 0 Å². The van der Waals surface area contributed by atoms with Crippen molar-refractivity contribution in [2.24, 2.45) is 5.92 Å². The Hall–Kier alpha value is -1.46. The second-order valence-electron chi connectivity index (χ2n) is 7.92. The normalized spacial score (nSPS) is 20.8. The molecule has 4 nitrogen and oxygen atoms in total. The molecule has 5 heteroatoms. The van der Waals surface area contributed by atoms with Gasteiger partial charge in [-0.3, -0.25) is 10.1 Å². The summed E-state index contributed by atoms with van der Waals surface area (Å²) in [7, 11) is 0. The summed E-state index contributed by atoms with van der Waals surface area (Å²) in [6.45, 7) is 10.7. The van der Waals surface area contributed by atoms with E-state index in [1.165, 1.54) is 16.7 Å². The Labute approximate surface area is 175 Å². The van der Waals surface area contributed by atoms with Crippen molar-refractivity contribution in [2.45, 2.75) is 72.5 Å². The van der Waals surface area contributed by atoms with Gasteiger partial charge >= 0.3 is 5.97 Å². The van der Waals surface area contributed by atoms with E-state index in [2.05, 4.69) is 63.5 Å². The van der Waals surface area contributed by atoms with Gasteiger partial charge in [0.15, 0.2) is 0 Å². The molecule has 3 atom stereocenters. The maximum atomic E-state index is 11.5. The van der Waals surface area contributed by atoms with Gasteiger partial charge < -0.3 is 10.4 Å². The quantitative estimate of drug-likeness (QED) is 0.288. The van der Waals surface area contributed by atoms with E-state index in [1.54, 1.807) is 11.8 Å². The Kier molecular flexibility index (Phi) is 12.0. The summed E-state index contributed by atoms with van der Waals surface area (Å²) in [4.78, 5) is 11.5. The van der Waals surface area contributed by atoms with Crippen molar-refractivity contribution in [1.29, 1.82) is 0 Å². The van der Waals surface area contributed by atoms with Crippen LogP contribution in [0.4, 0.5) is 0 Å². The number of allylic oxidation sites excluding steroid dienone is 5. The number of rotatable bonds is 13. The van der Waals surface area contributed by atoms with Crippen molar-refractivity contribution in [2.75, 3.05) is 11.5 Å². The molecule has 0 amide bonds. The predicted molar refractivity (Wildman–Crippen MR) is 123 cm³/mol. The molecular weight excluding hydrogens is 368 g/mol. The van der Waals surface area contributed by atoms with E-state index in [0.29, 0.717) is 11.7 Å². The maximum absolute atomic E-state index is 11.5. The number of aliphatic carboxylic acids is 1. The predicted octanol–water partition coefficient (Wildman–Crippen LogP) is 5.26. The third-order valence-electron chi connectivity index (χ3n) is 4.84. The van der Waals surface area contributed by atoms with Crippen molar-refractivity contribution >= 4 is 17.7 Å². The SMILES string of the molecule is CC(C)=CCC/C(C)=C/CC/C(C)=C/CSCC(NC1NC=CC1C)C(=O)O. The monoisotopic (exact) mass is 406 g/mol. The van der Waals surface area contributed by atoms with Crippen LogP contribution in [0.5, 0.6) is 0 Å². The van der Waals surface area contributed by atoms with Gasteiger partial charge in [-0.25, -0.2) is 0 Å². The first kappa shape index (κ1) is 24.6. The number of thioether (sulfide) groups is 1. The van der Waals surface area contributed by atoms with Crippen LogP contribution in [0.1, 0.15) is 60.3 Å². The van der Waals surface area contributed by atoms with Gasteiger partial charge in [-0.15, -0.1) is 0 Å². The molecule has 3 unspecified atom stereocenters. The van der Waals surface area contributed by atoms with Crippen LogP contribution in [0, 0.1) is 5.92 Å². The van der Waals surface area contributed by atoms with Crippen molar-refractivity contribution < 1.29 is 9.90 Å². The van der Waals surface area contributed by atoms with Gasteiger partial charge in [0.05, 0.1) is 6.17 Å². The third kappa shape index (κ3) is 10.8. The first-order valence-electron chi connectivity index (χ1n) is 10.2. The molecule has 28 heavy (non-hydrogen) atoms. The summed E-state index contributed by atoms with van der Waals surface area (Å²) in [6.07, 6.45) is 15.2. The van der Waals surface area contributed by atoms with Crippen LogP contribution < -0.4 is 10.6 Å². The van der Waals surface area contributed by atoms with Crippen LogP contribution in [0.3, 0.4) is 0 Å². The largest absolute Gasteiger partial charge is 0.480 e. The van der Waals surface area contributed by atoms with E-state index in [4.69, 9.17) is 0 Å². The molecule has 0 aromatic rings. The van der Waals surface area contributed by atoms with E-state index in [9.17, 15) is 9.90 Å². The van der Waals surface area contributed by atoms with Gasteiger partial charge in [-0.2, -0.15) is 11.8 Å². The number of carboxylic acid groups (broad SMARTS) is 1. The summed E-state index contributed by atoms with van der Waals surface area (Å²) < 4.78 is 0. The second-order valence-corrected chi connectivity index (χ2v) is 8.99. The fourth-order valence-electron chi connectivity index (χ4n) is 2.91. The first-order valence-corrected chi connectivity index (χ1v) is 11.4. The number of nitrogens with one attached hydrogen (secondary N) is 2. The highest BCUT2D eigenvalue weighted by Crippen LogP contribution is 2.14. The third-order valence-corrected chi connectivity index (χ3v) is 5.81. The van der Waals surface area contributed by atoms with Gasteiger partial charge in [0.25, 0.3) is 0 Å². The number of hydrogen-bond donors (Lipinski definition) is 3. The van der Waals surface area contributed by atoms with Crippen LogP contribution >= 0.6 is 11.8 Å². The Morgan fingerprint density at radius 2 is 1.79 bits per heavy atom. The summed E-state index contributed by atoms with van der Waals surface area (Å²) in [5.41, 5.74) is 4.21. The molecule has 158 valence electrons. The van der Waals surface area contributed by atoms with Gasteiger partial charge in [0, 0.05) is 17.4 Å². The minimum absolute atomic E-state index is 0.00531. The Bertz CT molecular complexity index is 604. The van der Waals surface area contributed by atoms with E-state index in [-0.39, 0.29) is 6.17 Å². The summed E-state index contributed by atoms with van der Waals surface area (Å²) in [5.74, 6) is 0.926. The zero-order valence-electron chi connectivity index (χ0n) is 18.1. The van der Waals surface area contributed by atoms with Crippen molar-refractivity contribution in [3.05, 3.63) is 47.2 Å². The molecular formula is C23H38N2O2S. The van der Waals surface area contributed by atoms with E-state index in [1.807, 2.05) is 12.3 Å². The van der Waals surface area contributed by atoms with E-state index < -0.39 is 12.0 Å². The molecule has 1 heterocycles. The molecule has 1 aliphatic rings. The van der Waals surface area contributed by atoms with Gasteiger partial charge in [-0.05, 0) is 59.6 Å². The van der Waals surface area contributed by atoms with Crippen LogP contribution in [0.25, 0.3) is 0 Å². The molecule has 0 aromatic heterocycles. The Balaban J connectivity index is 2.26. The first-order chi connectivity index (χ1) is 13.3. The molecule has 0 aliphatic carbocycles. The smallest absolute Gasteiger partial charge is 0.321 e.